The Morgan fingerprint density at radius 2 is 1.49 bits per heavy atom. The first-order valence-electron chi connectivity index (χ1n) is 14.4. The van der Waals surface area contributed by atoms with Crippen LogP contribution in [0.15, 0.2) is 36.0 Å². The van der Waals surface area contributed by atoms with E-state index in [0.29, 0.717) is 35.7 Å². The first kappa shape index (κ1) is 30.8. The van der Waals surface area contributed by atoms with Crippen LogP contribution in [0.3, 0.4) is 0 Å². The predicted octanol–water partition coefficient (Wildman–Crippen LogP) is 4.42. The molecule has 0 spiro atoms. The third-order valence-corrected chi connectivity index (χ3v) is 7.85. The summed E-state index contributed by atoms with van der Waals surface area (Å²) in [6.45, 7) is 7.82. The number of esters is 2. The molecule has 2 fully saturated rings. The highest BCUT2D eigenvalue weighted by Gasteiger charge is 2.39. The number of amides is 2. The summed E-state index contributed by atoms with van der Waals surface area (Å²) in [5.41, 5.74) is 0.254. The number of aliphatic hydroxyl groups is 1. The molecule has 2 N–H and O–H groups in total. The van der Waals surface area contributed by atoms with Gasteiger partial charge in [0, 0.05) is 11.6 Å². The van der Waals surface area contributed by atoms with Gasteiger partial charge in [0.15, 0.2) is 0 Å². The van der Waals surface area contributed by atoms with E-state index >= 15 is 0 Å². The molecule has 1 aliphatic heterocycles. The molecule has 0 saturated heterocycles. The van der Waals surface area contributed by atoms with Crippen LogP contribution in [0.5, 0.6) is 0 Å². The van der Waals surface area contributed by atoms with E-state index in [4.69, 9.17) is 14.6 Å². The zero-order valence-corrected chi connectivity index (χ0v) is 23.8. The second-order valence-corrected chi connectivity index (χ2v) is 12.1. The topological polar surface area (TPSA) is 119 Å². The minimum atomic E-state index is -0.350. The minimum absolute atomic E-state index is 0.00144. The van der Waals surface area contributed by atoms with Crippen LogP contribution in [0.1, 0.15) is 79.1 Å². The normalized spacial score (nSPS) is 29.9. The standard InChI is InChI=1S/C13H20O2.C11H16O3.C7H9NO2/c1-13(2,3)15-12(14)11-8-9-4-6-10(11)7-5-9;12-5-6-14-11(13)10-7-8-1-3-9(10)4-2-8;1-2-3-5-4-6(9)8-7(5)10/h4,6,9-11H,5,7-8H2,1-3H3;1,3,8-10,12H,2,4-7H2;4H,2-3H2,1H3,(H,8,9,10). The molecular weight excluding hydrogens is 498 g/mol. The number of fused-ring (bicyclic) bond motifs is 4. The monoisotopic (exact) mass is 543 g/mol. The Balaban J connectivity index is 0.000000165. The largest absolute Gasteiger partial charge is 0.463 e. The van der Waals surface area contributed by atoms with Crippen molar-refractivity contribution in [1.29, 1.82) is 0 Å². The maximum absolute atomic E-state index is 11.9. The van der Waals surface area contributed by atoms with Crippen LogP contribution in [-0.4, -0.2) is 47.7 Å². The van der Waals surface area contributed by atoms with Gasteiger partial charge in [-0.2, -0.15) is 0 Å². The second kappa shape index (κ2) is 14.1. The summed E-state index contributed by atoms with van der Waals surface area (Å²) in [4.78, 5) is 44.8. The van der Waals surface area contributed by atoms with Crippen LogP contribution in [0.25, 0.3) is 0 Å². The molecule has 7 aliphatic rings. The zero-order chi connectivity index (χ0) is 28.6. The van der Waals surface area contributed by atoms with Gasteiger partial charge in [-0.25, -0.2) is 0 Å². The van der Waals surface area contributed by atoms with E-state index in [2.05, 4.69) is 29.6 Å². The van der Waals surface area contributed by atoms with E-state index < -0.39 is 0 Å². The van der Waals surface area contributed by atoms with Crippen molar-refractivity contribution in [2.24, 2.45) is 35.5 Å². The van der Waals surface area contributed by atoms with Crippen molar-refractivity contribution in [3.63, 3.8) is 0 Å². The lowest BCUT2D eigenvalue weighted by molar-refractivity contribution is -0.163. The molecule has 7 rings (SSSR count). The lowest BCUT2D eigenvalue weighted by Crippen LogP contribution is -2.37. The third-order valence-electron chi connectivity index (χ3n) is 7.85. The number of allylic oxidation sites excluding steroid dienone is 4. The average molecular weight is 544 g/mol. The van der Waals surface area contributed by atoms with E-state index in [-0.39, 0.29) is 54.4 Å². The van der Waals surface area contributed by atoms with E-state index in [0.717, 1.165) is 32.1 Å². The highest BCUT2D eigenvalue weighted by Crippen LogP contribution is 2.42. The van der Waals surface area contributed by atoms with Crippen molar-refractivity contribution in [3.8, 4) is 0 Å². The van der Waals surface area contributed by atoms with Crippen molar-refractivity contribution < 1.29 is 33.8 Å². The molecule has 0 radical (unpaired) electrons. The van der Waals surface area contributed by atoms with Crippen LogP contribution >= 0.6 is 0 Å². The number of imide groups is 1. The van der Waals surface area contributed by atoms with Crippen LogP contribution in [0.4, 0.5) is 0 Å². The smallest absolute Gasteiger partial charge is 0.310 e. The number of ether oxygens (including phenoxy) is 2. The number of hydrogen-bond donors (Lipinski definition) is 2. The summed E-state index contributed by atoms with van der Waals surface area (Å²) in [5.74, 6) is 1.54. The first-order chi connectivity index (χ1) is 18.5. The molecule has 0 aromatic rings. The van der Waals surface area contributed by atoms with Crippen LogP contribution < -0.4 is 5.32 Å². The van der Waals surface area contributed by atoms with Gasteiger partial charge in [-0.1, -0.05) is 37.6 Å². The Bertz CT molecular complexity index is 989. The number of carbonyl (C=O) groups is 4. The van der Waals surface area contributed by atoms with Gasteiger partial charge in [-0.3, -0.25) is 24.5 Å². The first-order valence-corrected chi connectivity index (χ1v) is 14.4. The SMILES string of the molecule is CC(C)(C)OC(=O)C1CC2C=CC1CC2.CCCC1=CC(=O)NC1=O.O=C(OCCO)C1CC2C=CC1CC2. The van der Waals surface area contributed by atoms with Crippen molar-refractivity contribution >= 4 is 23.8 Å². The van der Waals surface area contributed by atoms with Crippen molar-refractivity contribution in [3.05, 3.63) is 36.0 Å². The molecule has 2 saturated carbocycles. The van der Waals surface area contributed by atoms with Gasteiger partial charge >= 0.3 is 11.9 Å². The molecule has 4 bridgehead atoms. The van der Waals surface area contributed by atoms with Crippen molar-refractivity contribution in [2.45, 2.75) is 84.7 Å². The number of rotatable bonds is 6. The summed E-state index contributed by atoms with van der Waals surface area (Å²) in [6.07, 6.45) is 18.5. The van der Waals surface area contributed by atoms with E-state index in [1.807, 2.05) is 27.7 Å². The molecule has 2 amide bonds. The lowest BCUT2D eigenvalue weighted by atomic mass is 9.69. The Labute approximate surface area is 232 Å². The number of aliphatic hydroxyl groups excluding tert-OH is 1. The quantitative estimate of drug-likeness (QED) is 0.289. The van der Waals surface area contributed by atoms with Gasteiger partial charge in [-0.15, -0.1) is 0 Å². The predicted molar refractivity (Wildman–Crippen MR) is 147 cm³/mol. The van der Waals surface area contributed by atoms with Crippen molar-refractivity contribution in [1.82, 2.24) is 5.32 Å². The average Bonchev–Trinajstić information content (AvgIpc) is 3.24. The molecule has 0 aromatic heterocycles. The van der Waals surface area contributed by atoms with E-state index in [9.17, 15) is 19.2 Å². The number of nitrogens with one attached hydrogen (secondary N) is 1. The van der Waals surface area contributed by atoms with Gasteiger partial charge in [-0.05, 0) is 89.4 Å². The summed E-state index contributed by atoms with van der Waals surface area (Å²) < 4.78 is 10.4. The molecule has 8 nitrogen and oxygen atoms in total. The van der Waals surface area contributed by atoms with Crippen LogP contribution in [-0.2, 0) is 28.7 Å². The van der Waals surface area contributed by atoms with E-state index in [1.165, 1.54) is 18.9 Å². The highest BCUT2D eigenvalue weighted by atomic mass is 16.6. The molecule has 6 unspecified atom stereocenters. The van der Waals surface area contributed by atoms with Crippen LogP contribution in [0.2, 0.25) is 0 Å². The Kier molecular flexibility index (Phi) is 11.1. The molecular formula is C31H45NO7. The fourth-order valence-corrected chi connectivity index (χ4v) is 5.94. The van der Waals surface area contributed by atoms with Gasteiger partial charge in [0.25, 0.3) is 11.8 Å². The summed E-state index contributed by atoms with van der Waals surface area (Å²) in [6, 6.07) is 0. The molecule has 6 aliphatic carbocycles. The van der Waals surface area contributed by atoms with Gasteiger partial charge in [0.05, 0.1) is 18.4 Å². The van der Waals surface area contributed by atoms with Crippen molar-refractivity contribution in [2.75, 3.05) is 13.2 Å². The van der Waals surface area contributed by atoms with Gasteiger partial charge in [0.2, 0.25) is 0 Å². The maximum atomic E-state index is 11.9. The summed E-state index contributed by atoms with van der Waals surface area (Å²) >= 11 is 0. The fourth-order valence-electron chi connectivity index (χ4n) is 5.94. The summed E-state index contributed by atoms with van der Waals surface area (Å²) in [5, 5.41) is 10.7. The Hall–Kier alpha value is -2.74. The molecule has 8 heteroatoms. The lowest BCUT2D eigenvalue weighted by Gasteiger charge is -2.37. The maximum Gasteiger partial charge on any atom is 0.310 e. The molecule has 1 heterocycles. The zero-order valence-electron chi connectivity index (χ0n) is 23.8. The van der Waals surface area contributed by atoms with Gasteiger partial charge in [0.1, 0.15) is 12.2 Å². The number of hydrogen-bond acceptors (Lipinski definition) is 7. The highest BCUT2D eigenvalue weighted by molar-refractivity contribution is 6.16. The minimum Gasteiger partial charge on any atom is -0.463 e. The third kappa shape index (κ3) is 9.16. The number of carbonyl (C=O) groups excluding carboxylic acids is 4. The van der Waals surface area contributed by atoms with Gasteiger partial charge < -0.3 is 14.6 Å². The Morgan fingerprint density at radius 3 is 1.85 bits per heavy atom. The molecule has 216 valence electrons. The summed E-state index contributed by atoms with van der Waals surface area (Å²) in [7, 11) is 0. The second-order valence-electron chi connectivity index (χ2n) is 12.1. The van der Waals surface area contributed by atoms with Crippen LogP contribution in [0, 0.1) is 35.5 Å². The fraction of sp³-hybridized carbons (Fsp3) is 0.677. The Morgan fingerprint density at radius 1 is 0.923 bits per heavy atom. The molecule has 0 aromatic carbocycles. The molecule has 39 heavy (non-hydrogen) atoms. The van der Waals surface area contributed by atoms with E-state index in [1.54, 1.807) is 0 Å². The molecule has 6 atom stereocenters.